The second kappa shape index (κ2) is 5.57. The first kappa shape index (κ1) is 13.6. The summed E-state index contributed by atoms with van der Waals surface area (Å²) in [6, 6.07) is 0.209. The second-order valence-corrected chi connectivity index (χ2v) is 6.17. The van der Waals surface area contributed by atoms with Gasteiger partial charge in [0.15, 0.2) is 5.13 Å². The third-order valence-corrected chi connectivity index (χ3v) is 4.94. The summed E-state index contributed by atoms with van der Waals surface area (Å²) in [6.07, 6.45) is 3.40. The molecule has 0 spiro atoms. The topological polar surface area (TPSA) is 80.5 Å². The van der Waals surface area contributed by atoms with Crippen molar-refractivity contribution in [2.24, 2.45) is 0 Å². The van der Waals surface area contributed by atoms with Crippen molar-refractivity contribution in [3.63, 3.8) is 0 Å². The molecule has 110 valence electrons. The first-order valence-corrected chi connectivity index (χ1v) is 7.95. The Morgan fingerprint density at radius 3 is 3.25 bits per heavy atom. The molecule has 1 aliphatic carbocycles. The van der Waals surface area contributed by atoms with E-state index < -0.39 is 0 Å². The highest BCUT2D eigenvalue weighted by molar-refractivity contribution is 7.18. The van der Waals surface area contributed by atoms with Crippen LogP contribution in [-0.4, -0.2) is 47.6 Å². The Morgan fingerprint density at radius 2 is 2.45 bits per heavy atom. The molecule has 0 aromatic carbocycles. The van der Waals surface area contributed by atoms with Gasteiger partial charge in [-0.25, -0.2) is 4.98 Å². The smallest absolute Gasteiger partial charge is 0.268 e. The van der Waals surface area contributed by atoms with E-state index >= 15 is 0 Å². The number of fused-ring (bicyclic) bond motifs is 1. The Hall–Kier alpha value is -1.34. The van der Waals surface area contributed by atoms with E-state index in [-0.39, 0.29) is 18.1 Å². The number of carbonyl (C=O) groups is 1. The van der Waals surface area contributed by atoms with E-state index in [1.165, 1.54) is 11.3 Å². The van der Waals surface area contributed by atoms with Gasteiger partial charge < -0.3 is 20.7 Å². The van der Waals surface area contributed by atoms with E-state index in [4.69, 9.17) is 10.5 Å². The monoisotopic (exact) mass is 296 g/mol. The molecule has 2 aliphatic rings. The van der Waals surface area contributed by atoms with Gasteiger partial charge in [-0.05, 0) is 26.2 Å². The SMILES string of the molecule is CCNc1nc(N)c(C(=O)N2CCOC3CCCC32)s1. The fraction of sp³-hybridized carbons (Fsp3) is 0.692. The van der Waals surface area contributed by atoms with Crippen molar-refractivity contribution in [2.75, 3.05) is 30.7 Å². The van der Waals surface area contributed by atoms with E-state index in [2.05, 4.69) is 10.3 Å². The Labute approximate surface area is 122 Å². The van der Waals surface area contributed by atoms with Gasteiger partial charge in [0.05, 0.1) is 18.8 Å². The minimum absolute atomic E-state index is 0.00403. The van der Waals surface area contributed by atoms with Crippen molar-refractivity contribution in [3.8, 4) is 0 Å². The van der Waals surface area contributed by atoms with Gasteiger partial charge in [0.2, 0.25) is 0 Å². The number of nitrogen functional groups attached to an aromatic ring is 1. The first-order chi connectivity index (χ1) is 9.70. The number of rotatable bonds is 3. The van der Waals surface area contributed by atoms with E-state index in [9.17, 15) is 4.79 Å². The number of hydrogen-bond acceptors (Lipinski definition) is 6. The van der Waals surface area contributed by atoms with Gasteiger partial charge in [-0.2, -0.15) is 0 Å². The number of nitrogens with one attached hydrogen (secondary N) is 1. The lowest BCUT2D eigenvalue weighted by atomic mass is 10.1. The molecule has 2 heterocycles. The fourth-order valence-electron chi connectivity index (χ4n) is 3.02. The Bertz CT molecular complexity index is 505. The molecule has 0 radical (unpaired) electrons. The normalized spacial score (nSPS) is 25.6. The Morgan fingerprint density at radius 1 is 1.60 bits per heavy atom. The zero-order valence-corrected chi connectivity index (χ0v) is 12.4. The van der Waals surface area contributed by atoms with Crippen LogP contribution in [0.4, 0.5) is 10.9 Å². The molecule has 6 nitrogen and oxygen atoms in total. The fourth-order valence-corrected chi connectivity index (χ4v) is 3.93. The second-order valence-electron chi connectivity index (χ2n) is 5.17. The molecule has 7 heteroatoms. The summed E-state index contributed by atoms with van der Waals surface area (Å²) in [5.74, 6) is 0.335. The molecule has 20 heavy (non-hydrogen) atoms. The summed E-state index contributed by atoms with van der Waals surface area (Å²) < 4.78 is 5.74. The number of thiazole rings is 1. The van der Waals surface area contributed by atoms with E-state index in [0.717, 1.165) is 25.8 Å². The third kappa shape index (κ3) is 2.35. The van der Waals surface area contributed by atoms with Crippen molar-refractivity contribution >= 4 is 28.2 Å². The summed E-state index contributed by atoms with van der Waals surface area (Å²) in [4.78, 5) is 19.4. The maximum Gasteiger partial charge on any atom is 0.268 e. The molecule has 2 atom stereocenters. The zero-order chi connectivity index (χ0) is 14.1. The van der Waals surface area contributed by atoms with Gasteiger partial charge in [0.25, 0.3) is 5.91 Å². The van der Waals surface area contributed by atoms with Crippen molar-refractivity contribution in [3.05, 3.63) is 4.88 Å². The average Bonchev–Trinajstić information content (AvgIpc) is 3.04. The van der Waals surface area contributed by atoms with Crippen molar-refractivity contribution in [2.45, 2.75) is 38.3 Å². The van der Waals surface area contributed by atoms with Crippen LogP contribution in [0.25, 0.3) is 0 Å². The van der Waals surface area contributed by atoms with Crippen LogP contribution in [0.15, 0.2) is 0 Å². The number of hydrogen-bond donors (Lipinski definition) is 2. The molecule has 1 aliphatic heterocycles. The number of carbonyl (C=O) groups excluding carboxylic acids is 1. The van der Waals surface area contributed by atoms with Crippen LogP contribution in [0.2, 0.25) is 0 Å². The molecule has 0 bridgehead atoms. The molecular formula is C13H20N4O2S. The standard InChI is InChI=1S/C13H20N4O2S/c1-2-15-13-16-11(14)10(20-13)12(18)17-6-7-19-9-5-3-4-8(9)17/h8-9H,2-7,14H2,1H3,(H,15,16). The van der Waals surface area contributed by atoms with E-state index in [0.29, 0.717) is 29.0 Å². The van der Waals surface area contributed by atoms with Gasteiger partial charge in [0, 0.05) is 13.1 Å². The number of nitrogens with zero attached hydrogens (tertiary/aromatic N) is 2. The van der Waals surface area contributed by atoms with Crippen LogP contribution < -0.4 is 11.1 Å². The summed E-state index contributed by atoms with van der Waals surface area (Å²) in [5, 5.41) is 3.82. The maximum atomic E-state index is 12.7. The van der Waals surface area contributed by atoms with Crippen LogP contribution in [0.5, 0.6) is 0 Å². The number of anilines is 2. The van der Waals surface area contributed by atoms with Gasteiger partial charge >= 0.3 is 0 Å². The van der Waals surface area contributed by atoms with Gasteiger partial charge in [-0.15, -0.1) is 0 Å². The van der Waals surface area contributed by atoms with Crippen LogP contribution >= 0.6 is 11.3 Å². The zero-order valence-electron chi connectivity index (χ0n) is 11.6. The molecule has 2 unspecified atom stereocenters. The van der Waals surface area contributed by atoms with Gasteiger partial charge in [-0.1, -0.05) is 11.3 Å². The molecule has 1 aromatic heterocycles. The van der Waals surface area contributed by atoms with Crippen molar-refractivity contribution < 1.29 is 9.53 Å². The van der Waals surface area contributed by atoms with Crippen LogP contribution in [0.1, 0.15) is 35.9 Å². The summed E-state index contributed by atoms with van der Waals surface area (Å²) in [7, 11) is 0. The Balaban J connectivity index is 1.80. The molecule has 1 aromatic rings. The largest absolute Gasteiger partial charge is 0.382 e. The quantitative estimate of drug-likeness (QED) is 0.884. The van der Waals surface area contributed by atoms with E-state index in [1.54, 1.807) is 0 Å². The highest BCUT2D eigenvalue weighted by atomic mass is 32.1. The van der Waals surface area contributed by atoms with Crippen LogP contribution in [-0.2, 0) is 4.74 Å². The lowest BCUT2D eigenvalue weighted by Gasteiger charge is -2.37. The first-order valence-electron chi connectivity index (χ1n) is 7.13. The van der Waals surface area contributed by atoms with Crippen LogP contribution in [0.3, 0.4) is 0 Å². The molecule has 1 saturated carbocycles. The van der Waals surface area contributed by atoms with E-state index in [1.807, 2.05) is 11.8 Å². The molecule has 2 fully saturated rings. The number of ether oxygens (including phenoxy) is 1. The average molecular weight is 296 g/mol. The lowest BCUT2D eigenvalue weighted by molar-refractivity contribution is -0.0443. The minimum atomic E-state index is 0.00403. The molecule has 3 N–H and O–H groups in total. The minimum Gasteiger partial charge on any atom is -0.382 e. The van der Waals surface area contributed by atoms with Crippen molar-refractivity contribution in [1.82, 2.24) is 9.88 Å². The van der Waals surface area contributed by atoms with Gasteiger partial charge in [-0.3, -0.25) is 4.79 Å². The van der Waals surface area contributed by atoms with Crippen LogP contribution in [0, 0.1) is 0 Å². The number of morpholine rings is 1. The highest BCUT2D eigenvalue weighted by Gasteiger charge is 2.39. The number of nitrogens with two attached hydrogens (primary N) is 1. The van der Waals surface area contributed by atoms with Crippen molar-refractivity contribution in [1.29, 1.82) is 0 Å². The molecule has 1 saturated heterocycles. The predicted molar refractivity (Wildman–Crippen MR) is 79.1 cm³/mol. The summed E-state index contributed by atoms with van der Waals surface area (Å²) in [6.45, 7) is 4.02. The Kier molecular flexibility index (Phi) is 3.80. The summed E-state index contributed by atoms with van der Waals surface area (Å²) in [5.41, 5.74) is 5.90. The highest BCUT2D eigenvalue weighted by Crippen LogP contribution is 2.33. The maximum absolute atomic E-state index is 12.7. The number of aromatic nitrogens is 1. The number of amides is 1. The summed E-state index contributed by atoms with van der Waals surface area (Å²) >= 11 is 1.34. The van der Waals surface area contributed by atoms with Gasteiger partial charge in [0.1, 0.15) is 10.7 Å². The molecule has 3 rings (SSSR count). The molecule has 1 amide bonds. The lowest BCUT2D eigenvalue weighted by Crippen LogP contribution is -2.51. The predicted octanol–water partition coefficient (Wildman–Crippen LogP) is 1.55. The third-order valence-electron chi connectivity index (χ3n) is 3.92. The molecular weight excluding hydrogens is 276 g/mol.